The lowest BCUT2D eigenvalue weighted by molar-refractivity contribution is -0.133. The summed E-state index contributed by atoms with van der Waals surface area (Å²) in [5.74, 6) is 1.30. The van der Waals surface area contributed by atoms with Crippen LogP contribution in [0.5, 0.6) is 5.88 Å². The monoisotopic (exact) mass is 359 g/mol. The fraction of sp³-hybridized carbons (Fsp3) is 0.700. The number of likely N-dealkylation sites (tertiary alicyclic amines) is 1. The minimum Gasteiger partial charge on any atom is -0.481 e. The lowest BCUT2D eigenvalue weighted by Gasteiger charge is -2.34. The molecule has 1 aliphatic carbocycles. The molecular formula is C20H29N3O3. The molecule has 0 bridgehead atoms. The van der Waals surface area contributed by atoms with Crippen molar-refractivity contribution in [2.45, 2.75) is 63.3 Å². The van der Waals surface area contributed by atoms with Crippen molar-refractivity contribution in [3.8, 4) is 5.88 Å². The van der Waals surface area contributed by atoms with Crippen LogP contribution in [0.3, 0.4) is 0 Å². The maximum absolute atomic E-state index is 12.5. The highest BCUT2D eigenvalue weighted by Crippen LogP contribution is 2.34. The highest BCUT2D eigenvalue weighted by Gasteiger charge is 2.42. The van der Waals surface area contributed by atoms with E-state index in [0.717, 1.165) is 50.9 Å². The molecule has 1 aromatic rings. The largest absolute Gasteiger partial charge is 0.481 e. The summed E-state index contributed by atoms with van der Waals surface area (Å²) in [7, 11) is 1.66. The summed E-state index contributed by atoms with van der Waals surface area (Å²) >= 11 is 0. The predicted octanol–water partition coefficient (Wildman–Crippen LogP) is 2.13. The van der Waals surface area contributed by atoms with E-state index in [1.807, 2.05) is 6.07 Å². The second-order valence-electron chi connectivity index (χ2n) is 7.84. The average Bonchev–Trinajstić information content (AvgIpc) is 3.31. The van der Waals surface area contributed by atoms with E-state index in [-0.39, 0.29) is 18.1 Å². The molecule has 2 saturated heterocycles. The standard InChI is InChI=1S/C20H29N3O3/c1-25-20-15(5-4-9-21-20)12-23-10-8-14-11-17(26-18(14)13-23)19(24)22-16-6-2-3-7-16/h4-5,9,14,16-18H,2-3,6-8,10-13H2,1H3,(H,22,24)/t14-,17-,18+/m1/s1. The van der Waals surface area contributed by atoms with Crippen LogP contribution in [0.15, 0.2) is 18.3 Å². The number of nitrogens with zero attached hydrogens (tertiary/aromatic N) is 2. The molecule has 3 heterocycles. The number of carbonyl (C=O) groups is 1. The number of hydrogen-bond donors (Lipinski definition) is 1. The lowest BCUT2D eigenvalue weighted by Crippen LogP contribution is -2.42. The van der Waals surface area contributed by atoms with E-state index in [2.05, 4.69) is 21.3 Å². The van der Waals surface area contributed by atoms with Crippen LogP contribution in [0.4, 0.5) is 0 Å². The van der Waals surface area contributed by atoms with Crippen LogP contribution >= 0.6 is 0 Å². The molecule has 2 aliphatic heterocycles. The minimum atomic E-state index is -0.265. The molecule has 1 N–H and O–H groups in total. The molecule has 0 spiro atoms. The van der Waals surface area contributed by atoms with Gasteiger partial charge in [-0.1, -0.05) is 18.9 Å². The molecule has 1 aromatic heterocycles. The summed E-state index contributed by atoms with van der Waals surface area (Å²) in [6, 6.07) is 4.37. The van der Waals surface area contributed by atoms with Gasteiger partial charge in [-0.05, 0) is 44.2 Å². The maximum atomic E-state index is 12.5. The van der Waals surface area contributed by atoms with Gasteiger partial charge in [-0.25, -0.2) is 4.98 Å². The zero-order chi connectivity index (χ0) is 17.9. The molecule has 1 saturated carbocycles. The first-order valence-corrected chi connectivity index (χ1v) is 9.89. The van der Waals surface area contributed by atoms with Crippen molar-refractivity contribution in [2.24, 2.45) is 5.92 Å². The van der Waals surface area contributed by atoms with Crippen molar-refractivity contribution in [3.63, 3.8) is 0 Å². The van der Waals surface area contributed by atoms with Crippen LogP contribution in [0.1, 0.15) is 44.1 Å². The van der Waals surface area contributed by atoms with Crippen molar-refractivity contribution in [1.82, 2.24) is 15.2 Å². The Morgan fingerprint density at radius 1 is 1.38 bits per heavy atom. The second kappa shape index (κ2) is 7.92. The van der Waals surface area contributed by atoms with Crippen LogP contribution in [0.25, 0.3) is 0 Å². The van der Waals surface area contributed by atoms with E-state index in [0.29, 0.717) is 17.8 Å². The summed E-state index contributed by atoms with van der Waals surface area (Å²) in [6.07, 6.45) is 8.29. The quantitative estimate of drug-likeness (QED) is 0.873. The van der Waals surface area contributed by atoms with Gasteiger partial charge in [0.1, 0.15) is 6.10 Å². The summed E-state index contributed by atoms with van der Waals surface area (Å²) < 4.78 is 11.5. The Bertz CT molecular complexity index is 632. The molecular weight excluding hydrogens is 330 g/mol. The Hall–Kier alpha value is -1.66. The highest BCUT2D eigenvalue weighted by atomic mass is 16.5. The minimum absolute atomic E-state index is 0.103. The van der Waals surface area contributed by atoms with E-state index in [1.54, 1.807) is 13.3 Å². The number of hydrogen-bond acceptors (Lipinski definition) is 5. The van der Waals surface area contributed by atoms with Crippen molar-refractivity contribution in [1.29, 1.82) is 0 Å². The average molecular weight is 359 g/mol. The highest BCUT2D eigenvalue weighted by molar-refractivity contribution is 5.81. The third-order valence-electron chi connectivity index (χ3n) is 6.07. The normalized spacial score (nSPS) is 29.5. The van der Waals surface area contributed by atoms with Gasteiger partial charge in [0.05, 0.1) is 13.2 Å². The first kappa shape index (κ1) is 17.7. The van der Waals surface area contributed by atoms with Gasteiger partial charge in [-0.2, -0.15) is 0 Å². The molecule has 0 radical (unpaired) electrons. The van der Waals surface area contributed by atoms with Gasteiger partial charge >= 0.3 is 0 Å². The summed E-state index contributed by atoms with van der Waals surface area (Å²) in [4.78, 5) is 19.2. The Balaban J connectivity index is 1.32. The lowest BCUT2D eigenvalue weighted by atomic mass is 9.91. The SMILES string of the molecule is COc1ncccc1CN1CC[C@@H]2C[C@H](C(=O)NC3CCCC3)O[C@H]2C1. The van der Waals surface area contributed by atoms with Crippen LogP contribution in [-0.4, -0.2) is 54.2 Å². The molecule has 26 heavy (non-hydrogen) atoms. The molecule has 0 aromatic carbocycles. The number of fused-ring (bicyclic) bond motifs is 1. The van der Waals surface area contributed by atoms with Gasteiger partial charge < -0.3 is 14.8 Å². The van der Waals surface area contributed by atoms with Gasteiger partial charge in [0.2, 0.25) is 11.8 Å². The van der Waals surface area contributed by atoms with E-state index in [9.17, 15) is 4.79 Å². The predicted molar refractivity (Wildman–Crippen MR) is 97.8 cm³/mol. The van der Waals surface area contributed by atoms with Gasteiger partial charge in [0.15, 0.2) is 0 Å². The molecule has 3 aliphatic rings. The Kier molecular flexibility index (Phi) is 5.41. The van der Waals surface area contributed by atoms with Gasteiger partial charge in [0.25, 0.3) is 0 Å². The van der Waals surface area contributed by atoms with Crippen LogP contribution in [-0.2, 0) is 16.1 Å². The zero-order valence-electron chi connectivity index (χ0n) is 15.5. The van der Waals surface area contributed by atoms with Crippen molar-refractivity contribution >= 4 is 5.91 Å². The smallest absolute Gasteiger partial charge is 0.249 e. The van der Waals surface area contributed by atoms with Crippen molar-refractivity contribution in [2.75, 3.05) is 20.2 Å². The number of aromatic nitrogens is 1. The van der Waals surface area contributed by atoms with Gasteiger partial charge in [-0.15, -0.1) is 0 Å². The third-order valence-corrected chi connectivity index (χ3v) is 6.07. The number of amides is 1. The molecule has 6 nitrogen and oxygen atoms in total. The van der Waals surface area contributed by atoms with E-state index < -0.39 is 0 Å². The number of nitrogens with one attached hydrogen (secondary N) is 1. The van der Waals surface area contributed by atoms with Crippen LogP contribution < -0.4 is 10.1 Å². The van der Waals surface area contributed by atoms with E-state index in [1.165, 1.54) is 12.8 Å². The van der Waals surface area contributed by atoms with Gasteiger partial charge in [-0.3, -0.25) is 9.69 Å². The fourth-order valence-corrected chi connectivity index (χ4v) is 4.64. The summed E-state index contributed by atoms with van der Waals surface area (Å²) in [5.41, 5.74) is 1.10. The molecule has 1 amide bonds. The summed E-state index contributed by atoms with van der Waals surface area (Å²) in [6.45, 7) is 2.71. The number of methoxy groups -OCH3 is 1. The number of rotatable bonds is 5. The van der Waals surface area contributed by atoms with Crippen LogP contribution in [0.2, 0.25) is 0 Å². The maximum Gasteiger partial charge on any atom is 0.249 e. The first-order valence-electron chi connectivity index (χ1n) is 9.89. The Morgan fingerprint density at radius 2 is 2.23 bits per heavy atom. The molecule has 4 rings (SSSR count). The molecule has 6 heteroatoms. The van der Waals surface area contributed by atoms with Crippen molar-refractivity contribution in [3.05, 3.63) is 23.9 Å². The Morgan fingerprint density at radius 3 is 3.04 bits per heavy atom. The first-order chi connectivity index (χ1) is 12.7. The molecule has 3 atom stereocenters. The molecule has 0 unspecified atom stereocenters. The number of carbonyl (C=O) groups excluding carboxylic acids is 1. The van der Waals surface area contributed by atoms with E-state index in [4.69, 9.17) is 9.47 Å². The number of pyridine rings is 1. The second-order valence-corrected chi connectivity index (χ2v) is 7.84. The van der Waals surface area contributed by atoms with E-state index >= 15 is 0 Å². The zero-order valence-corrected chi connectivity index (χ0v) is 15.5. The molecule has 142 valence electrons. The number of piperidine rings is 1. The third kappa shape index (κ3) is 3.86. The summed E-state index contributed by atoms with van der Waals surface area (Å²) in [5, 5.41) is 3.19. The topological polar surface area (TPSA) is 63.7 Å². The fourth-order valence-electron chi connectivity index (χ4n) is 4.64. The molecule has 3 fully saturated rings. The van der Waals surface area contributed by atoms with Gasteiger partial charge in [0, 0.05) is 30.9 Å². The van der Waals surface area contributed by atoms with Crippen molar-refractivity contribution < 1.29 is 14.3 Å². The number of ether oxygens (including phenoxy) is 2. The van der Waals surface area contributed by atoms with Crippen LogP contribution in [0, 0.1) is 5.92 Å². The Labute approximate surface area is 155 Å².